The van der Waals surface area contributed by atoms with E-state index >= 15 is 0 Å². The van der Waals surface area contributed by atoms with Crippen molar-refractivity contribution in [3.63, 3.8) is 0 Å². The van der Waals surface area contributed by atoms with Gasteiger partial charge in [-0.1, -0.05) is 78.4 Å². The number of nitrogens with zero attached hydrogens (tertiary/aromatic N) is 2. The van der Waals surface area contributed by atoms with Crippen molar-refractivity contribution in [3.8, 4) is 22.3 Å². The summed E-state index contributed by atoms with van der Waals surface area (Å²) in [6.45, 7) is 3.77. The van der Waals surface area contributed by atoms with E-state index in [4.69, 9.17) is 0 Å². The average Bonchev–Trinajstić information content (AvgIpc) is 3.80. The van der Waals surface area contributed by atoms with Gasteiger partial charge in [0, 0.05) is 18.7 Å². The SMILES string of the molecule is CNCNS(=O)(=O)CCCc1cc(C)ccc1-c1ccc(C2=C3C(=O)NC(c4ccc(-c5ccc(S(=O)(=O)NCCCN(C)C)cc5S(=O)(=O)NCCCN(C)C)cc4)=C3C(=O)N2)cc1. The predicted octanol–water partition coefficient (Wildman–Crippen LogP) is 3.20. The number of benzene rings is 4. The van der Waals surface area contributed by atoms with Crippen LogP contribution in [0.5, 0.6) is 0 Å². The van der Waals surface area contributed by atoms with E-state index in [0.29, 0.717) is 66.9 Å². The Morgan fingerprint density at radius 1 is 0.569 bits per heavy atom. The molecule has 4 aromatic rings. The Morgan fingerprint density at radius 2 is 1.06 bits per heavy atom. The number of hydrogen-bond acceptors (Lipinski definition) is 11. The molecule has 0 saturated heterocycles. The first kappa shape index (κ1) is 49.3. The molecular formula is C46H58N8O8S3. The van der Waals surface area contributed by atoms with Gasteiger partial charge in [-0.3, -0.25) is 9.59 Å². The maximum absolute atomic E-state index is 13.8. The summed E-state index contributed by atoms with van der Waals surface area (Å²) in [5.74, 6) is -0.935. The van der Waals surface area contributed by atoms with E-state index in [2.05, 4.69) is 36.2 Å². The minimum atomic E-state index is -4.19. The van der Waals surface area contributed by atoms with Gasteiger partial charge in [-0.2, -0.15) is 0 Å². The number of sulfonamides is 3. The van der Waals surface area contributed by atoms with Gasteiger partial charge in [0.1, 0.15) is 0 Å². The molecule has 2 aliphatic rings. The maximum atomic E-state index is 13.8. The molecule has 19 heteroatoms. The zero-order valence-electron chi connectivity index (χ0n) is 37.5. The maximum Gasteiger partial charge on any atom is 0.258 e. The molecular weight excluding hydrogens is 889 g/mol. The molecule has 6 N–H and O–H groups in total. The lowest BCUT2D eigenvalue weighted by molar-refractivity contribution is -0.117. The standard InChI is InChI=1S/C46H58N8O8S3/c1-31-11-21-38(36(28-31)10-7-27-63(57,58)50-30-47-2)32-12-16-34(17-13-32)43-41-42(46(56)51-43)44(52-45(41)55)35-18-14-33(15-19-35)39-22-20-37(64(59,60)48-23-8-25-53(3)4)29-40(39)65(61,62)49-24-9-26-54(5)6/h11-22,28-29,47-50H,7-10,23-27,30H2,1-6H3,(H,51,56)(H,52,55). The highest BCUT2D eigenvalue weighted by Crippen LogP contribution is 2.39. The first-order valence-electron chi connectivity index (χ1n) is 21.3. The summed E-state index contributed by atoms with van der Waals surface area (Å²) < 4.78 is 86.8. The van der Waals surface area contributed by atoms with Crippen molar-refractivity contribution in [2.75, 3.05) is 73.8 Å². The van der Waals surface area contributed by atoms with Crippen LogP contribution < -0.4 is 30.1 Å². The van der Waals surface area contributed by atoms with Crippen molar-refractivity contribution < 1.29 is 34.8 Å². The van der Waals surface area contributed by atoms with E-state index < -0.39 is 41.9 Å². The number of hydrogen-bond donors (Lipinski definition) is 6. The van der Waals surface area contributed by atoms with E-state index in [1.165, 1.54) is 18.2 Å². The van der Waals surface area contributed by atoms with Gasteiger partial charge in [0.25, 0.3) is 11.8 Å². The third-order valence-electron chi connectivity index (χ3n) is 10.9. The number of amides is 2. The second-order valence-corrected chi connectivity index (χ2v) is 22.0. The van der Waals surface area contributed by atoms with Gasteiger partial charge < -0.3 is 25.8 Å². The van der Waals surface area contributed by atoms with Crippen molar-refractivity contribution in [1.29, 1.82) is 0 Å². The van der Waals surface area contributed by atoms with Gasteiger partial charge in [-0.15, -0.1) is 0 Å². The zero-order valence-corrected chi connectivity index (χ0v) is 40.0. The van der Waals surface area contributed by atoms with Gasteiger partial charge in [0.15, 0.2) is 0 Å². The van der Waals surface area contributed by atoms with Crippen LogP contribution in [0.15, 0.2) is 106 Å². The van der Waals surface area contributed by atoms with E-state index in [0.717, 1.165) is 22.3 Å². The molecule has 0 bridgehead atoms. The highest BCUT2D eigenvalue weighted by molar-refractivity contribution is 7.90. The topological polar surface area (TPSA) is 215 Å². The number of aryl methyl sites for hydroxylation is 2. The Balaban J connectivity index is 1.27. The number of fused-ring (bicyclic) bond motifs is 1. The van der Waals surface area contributed by atoms with Crippen molar-refractivity contribution in [2.24, 2.45) is 0 Å². The van der Waals surface area contributed by atoms with Gasteiger partial charge in [0.2, 0.25) is 30.1 Å². The highest BCUT2D eigenvalue weighted by Gasteiger charge is 2.41. The van der Waals surface area contributed by atoms with Crippen LogP contribution in [0.1, 0.15) is 41.5 Å². The van der Waals surface area contributed by atoms with Gasteiger partial charge in [-0.25, -0.2) is 39.4 Å². The average molecular weight is 947 g/mol. The summed E-state index contributed by atoms with van der Waals surface area (Å²) >= 11 is 0. The predicted molar refractivity (Wildman–Crippen MR) is 255 cm³/mol. The number of nitrogens with one attached hydrogen (secondary N) is 6. The monoisotopic (exact) mass is 946 g/mol. The molecule has 0 unspecified atom stereocenters. The Kier molecular flexibility index (Phi) is 16.0. The number of carbonyl (C=O) groups is 2. The first-order valence-corrected chi connectivity index (χ1v) is 25.9. The Labute approximate surface area is 383 Å². The minimum Gasteiger partial charge on any atom is -0.321 e. The molecule has 2 amide bonds. The largest absolute Gasteiger partial charge is 0.321 e. The first-order chi connectivity index (χ1) is 30.8. The molecule has 0 radical (unpaired) electrons. The molecule has 0 fully saturated rings. The van der Waals surface area contributed by atoms with Crippen LogP contribution in [0.25, 0.3) is 33.6 Å². The lowest BCUT2D eigenvalue weighted by Gasteiger charge is -2.16. The molecule has 0 saturated carbocycles. The van der Waals surface area contributed by atoms with Crippen molar-refractivity contribution in [2.45, 2.75) is 42.4 Å². The number of carbonyl (C=O) groups excluding carboxylic acids is 2. The second-order valence-electron chi connectivity index (χ2n) is 16.6. The van der Waals surface area contributed by atoms with Crippen LogP contribution in [-0.4, -0.2) is 121 Å². The molecule has 0 aliphatic carbocycles. The molecule has 65 heavy (non-hydrogen) atoms. The van der Waals surface area contributed by atoms with Crippen molar-refractivity contribution in [1.82, 2.24) is 39.9 Å². The summed E-state index contributed by atoms with van der Waals surface area (Å²) in [5.41, 5.74) is 6.79. The lowest BCUT2D eigenvalue weighted by Crippen LogP contribution is -2.33. The quantitative estimate of drug-likeness (QED) is 0.0469. The normalized spacial score (nSPS) is 14.5. The van der Waals surface area contributed by atoms with Gasteiger partial charge >= 0.3 is 0 Å². The lowest BCUT2D eigenvalue weighted by atomic mass is 9.94. The Bertz CT molecular complexity index is 2820. The van der Waals surface area contributed by atoms with Crippen LogP contribution in [0.4, 0.5) is 0 Å². The summed E-state index contributed by atoms with van der Waals surface area (Å²) in [7, 11) is -2.44. The van der Waals surface area contributed by atoms with Crippen LogP contribution in [0.3, 0.4) is 0 Å². The molecule has 0 aromatic heterocycles. The second kappa shape index (κ2) is 21.0. The van der Waals surface area contributed by atoms with Crippen LogP contribution in [0.2, 0.25) is 0 Å². The summed E-state index contributed by atoms with van der Waals surface area (Å²) in [6, 6.07) is 24.2. The third kappa shape index (κ3) is 12.2. The fraction of sp³-hybridized carbons (Fsp3) is 0.348. The van der Waals surface area contributed by atoms with Crippen LogP contribution in [-0.2, 0) is 46.1 Å². The summed E-state index contributed by atoms with van der Waals surface area (Å²) in [5, 5.41) is 8.52. The molecule has 0 spiro atoms. The molecule has 4 aromatic carbocycles. The molecule has 16 nitrogen and oxygen atoms in total. The van der Waals surface area contributed by atoms with Gasteiger partial charge in [0.05, 0.1) is 44.8 Å². The molecule has 0 atom stereocenters. The molecule has 2 heterocycles. The van der Waals surface area contributed by atoms with E-state index in [-0.39, 0.29) is 52.0 Å². The third-order valence-corrected chi connectivity index (χ3v) is 15.3. The van der Waals surface area contributed by atoms with E-state index in [9.17, 15) is 34.8 Å². The van der Waals surface area contributed by atoms with Crippen LogP contribution >= 0.6 is 0 Å². The highest BCUT2D eigenvalue weighted by atomic mass is 32.2. The number of rotatable bonds is 23. The Hall–Kier alpha value is -5.09. The molecule has 348 valence electrons. The molecule has 2 aliphatic heterocycles. The van der Waals surface area contributed by atoms with Crippen molar-refractivity contribution in [3.05, 3.63) is 118 Å². The van der Waals surface area contributed by atoms with E-state index in [1.54, 1.807) is 31.3 Å². The van der Waals surface area contributed by atoms with Crippen LogP contribution in [0, 0.1) is 6.92 Å². The zero-order chi connectivity index (χ0) is 47.1. The van der Waals surface area contributed by atoms with Gasteiger partial charge in [-0.05, 0) is 126 Å². The fourth-order valence-corrected chi connectivity index (χ4v) is 11.2. The van der Waals surface area contributed by atoms with Crippen molar-refractivity contribution >= 4 is 53.3 Å². The molecule has 6 rings (SSSR count). The fourth-order valence-electron chi connectivity index (χ4n) is 7.66. The van der Waals surface area contributed by atoms with E-state index in [1.807, 2.05) is 81.3 Å². The summed E-state index contributed by atoms with van der Waals surface area (Å²) in [6.07, 6.45) is 2.07. The Morgan fingerprint density at radius 3 is 1.58 bits per heavy atom. The smallest absolute Gasteiger partial charge is 0.258 e. The summed E-state index contributed by atoms with van der Waals surface area (Å²) in [4.78, 5) is 30.7. The minimum absolute atomic E-state index is 0.0134.